The van der Waals surface area contributed by atoms with Gasteiger partial charge >= 0.3 is 5.97 Å². The van der Waals surface area contributed by atoms with Crippen molar-refractivity contribution in [1.82, 2.24) is 9.97 Å². The molecule has 2 aliphatic rings. The third kappa shape index (κ3) is 4.29. The number of ether oxygens (including phenoxy) is 1. The van der Waals surface area contributed by atoms with E-state index in [-0.39, 0.29) is 11.8 Å². The van der Waals surface area contributed by atoms with Crippen LogP contribution >= 0.6 is 0 Å². The zero-order valence-electron chi connectivity index (χ0n) is 15.7. The van der Waals surface area contributed by atoms with Crippen LogP contribution in [0.15, 0.2) is 36.8 Å². The van der Waals surface area contributed by atoms with Crippen molar-refractivity contribution in [2.75, 3.05) is 6.61 Å². The molecule has 2 aromatic rings. The fourth-order valence-corrected chi connectivity index (χ4v) is 3.99. The fraction of sp³-hybridized carbons (Fsp3) is 0.500. The van der Waals surface area contributed by atoms with Gasteiger partial charge in [0, 0.05) is 29.6 Å². The lowest BCUT2D eigenvalue weighted by Crippen LogP contribution is -2.18. The zero-order chi connectivity index (χ0) is 18.8. The molecule has 0 radical (unpaired) electrons. The fourth-order valence-electron chi connectivity index (χ4n) is 3.99. The van der Waals surface area contributed by atoms with E-state index in [2.05, 4.69) is 16.9 Å². The molecule has 27 heavy (non-hydrogen) atoms. The van der Waals surface area contributed by atoms with Crippen molar-refractivity contribution in [1.29, 1.82) is 0 Å². The summed E-state index contributed by atoms with van der Waals surface area (Å²) >= 11 is 0. The molecule has 0 unspecified atom stereocenters. The number of pyridine rings is 2. The van der Waals surface area contributed by atoms with Gasteiger partial charge in [-0.3, -0.25) is 14.8 Å². The Morgan fingerprint density at radius 1 is 1.19 bits per heavy atom. The van der Waals surface area contributed by atoms with Crippen molar-refractivity contribution in [3.63, 3.8) is 0 Å². The molecular weight excluding hydrogens is 340 g/mol. The highest BCUT2D eigenvalue weighted by Gasteiger charge is 2.45. The van der Waals surface area contributed by atoms with Gasteiger partial charge in [0.05, 0.1) is 18.7 Å². The highest BCUT2D eigenvalue weighted by molar-refractivity contribution is 5.75. The van der Waals surface area contributed by atoms with Crippen LogP contribution in [0.2, 0.25) is 0 Å². The number of aromatic nitrogens is 2. The Morgan fingerprint density at radius 2 is 2.00 bits per heavy atom. The summed E-state index contributed by atoms with van der Waals surface area (Å²) in [5.41, 5.74) is 2.82. The van der Waals surface area contributed by atoms with Gasteiger partial charge in [-0.05, 0) is 54.9 Å². The minimum Gasteiger partial charge on any atom is -0.492 e. The summed E-state index contributed by atoms with van der Waals surface area (Å²) in [7, 11) is 0. The standard InChI is InChI=1S/C22H26N2O3/c1-14-2-4-15(5-3-14)13-27-18-8-17(11-23-12-18)16-6-7-24-21(9-16)19-10-20(19)22(25)26/h6-9,11-12,14-15,19-20H,2-5,10,13H2,1H3,(H,25,26)/t14-,15-,19-,20-/m0/s1. The van der Waals surface area contributed by atoms with E-state index in [0.717, 1.165) is 35.1 Å². The Kier molecular flexibility index (Phi) is 5.10. The lowest BCUT2D eigenvalue weighted by molar-refractivity contribution is -0.138. The van der Waals surface area contributed by atoms with E-state index < -0.39 is 5.97 Å². The van der Waals surface area contributed by atoms with Crippen molar-refractivity contribution in [3.05, 3.63) is 42.5 Å². The summed E-state index contributed by atoms with van der Waals surface area (Å²) in [4.78, 5) is 19.8. The number of carboxylic acids is 1. The maximum atomic E-state index is 11.1. The minimum atomic E-state index is -0.735. The molecule has 2 aliphatic carbocycles. The Hall–Kier alpha value is -2.43. The molecule has 5 heteroatoms. The molecular formula is C22H26N2O3. The molecule has 2 saturated carbocycles. The van der Waals surface area contributed by atoms with Gasteiger partial charge in [-0.15, -0.1) is 0 Å². The van der Waals surface area contributed by atoms with Crippen molar-refractivity contribution in [2.45, 2.75) is 44.9 Å². The van der Waals surface area contributed by atoms with E-state index in [1.54, 1.807) is 12.4 Å². The molecule has 5 nitrogen and oxygen atoms in total. The molecule has 0 aliphatic heterocycles. The SMILES string of the molecule is C[C@H]1CC[C@H](COc2cncc(-c3ccnc([C@H]4C[C@@H]4C(=O)O)c3)c2)CC1. The van der Waals surface area contributed by atoms with E-state index in [1.807, 2.05) is 24.4 Å². The number of hydrogen-bond donors (Lipinski definition) is 1. The van der Waals surface area contributed by atoms with E-state index in [1.165, 1.54) is 25.7 Å². The van der Waals surface area contributed by atoms with Gasteiger partial charge in [-0.1, -0.05) is 19.8 Å². The van der Waals surface area contributed by atoms with Crippen LogP contribution < -0.4 is 4.74 Å². The first-order valence-electron chi connectivity index (χ1n) is 9.87. The molecule has 0 saturated heterocycles. The van der Waals surface area contributed by atoms with Gasteiger partial charge in [0.2, 0.25) is 0 Å². The topological polar surface area (TPSA) is 72.3 Å². The number of nitrogens with zero attached hydrogens (tertiary/aromatic N) is 2. The summed E-state index contributed by atoms with van der Waals surface area (Å²) in [6.45, 7) is 3.08. The number of aliphatic carboxylic acids is 1. The number of carbonyl (C=O) groups is 1. The lowest BCUT2D eigenvalue weighted by atomic mass is 9.83. The van der Waals surface area contributed by atoms with Crippen molar-refractivity contribution >= 4 is 5.97 Å². The Morgan fingerprint density at radius 3 is 2.74 bits per heavy atom. The zero-order valence-corrected chi connectivity index (χ0v) is 15.7. The van der Waals surface area contributed by atoms with E-state index in [9.17, 15) is 4.79 Å². The monoisotopic (exact) mass is 366 g/mol. The van der Waals surface area contributed by atoms with Crippen LogP contribution in [-0.4, -0.2) is 27.7 Å². The molecule has 0 amide bonds. The third-order valence-electron chi connectivity index (χ3n) is 5.94. The van der Waals surface area contributed by atoms with Crippen LogP contribution in [0.4, 0.5) is 0 Å². The van der Waals surface area contributed by atoms with Gasteiger partial charge in [0.1, 0.15) is 5.75 Å². The van der Waals surface area contributed by atoms with Gasteiger partial charge in [-0.25, -0.2) is 0 Å². The molecule has 0 bridgehead atoms. The molecule has 0 spiro atoms. The highest BCUT2D eigenvalue weighted by atomic mass is 16.5. The van der Waals surface area contributed by atoms with Crippen molar-refractivity contribution in [3.8, 4) is 16.9 Å². The maximum Gasteiger partial charge on any atom is 0.307 e. The first kappa shape index (κ1) is 18.0. The highest BCUT2D eigenvalue weighted by Crippen LogP contribution is 2.47. The maximum absolute atomic E-state index is 11.1. The largest absolute Gasteiger partial charge is 0.492 e. The third-order valence-corrected chi connectivity index (χ3v) is 5.94. The van der Waals surface area contributed by atoms with Gasteiger partial charge < -0.3 is 9.84 Å². The van der Waals surface area contributed by atoms with Crippen LogP contribution in [0.3, 0.4) is 0 Å². The van der Waals surface area contributed by atoms with Gasteiger partial charge in [-0.2, -0.15) is 0 Å². The minimum absolute atomic E-state index is 0.0311. The Bertz CT molecular complexity index is 815. The second-order valence-corrected chi connectivity index (χ2v) is 8.10. The number of rotatable bonds is 6. The van der Waals surface area contributed by atoms with Crippen LogP contribution in [0, 0.1) is 17.8 Å². The quantitative estimate of drug-likeness (QED) is 0.813. The molecule has 4 rings (SSSR count). The van der Waals surface area contributed by atoms with E-state index >= 15 is 0 Å². The molecule has 2 heterocycles. The summed E-state index contributed by atoms with van der Waals surface area (Å²) < 4.78 is 6.03. The van der Waals surface area contributed by atoms with Crippen LogP contribution in [-0.2, 0) is 4.79 Å². The van der Waals surface area contributed by atoms with Crippen LogP contribution in [0.5, 0.6) is 5.75 Å². The molecule has 2 aromatic heterocycles. The van der Waals surface area contributed by atoms with Gasteiger partial charge in [0.25, 0.3) is 0 Å². The van der Waals surface area contributed by atoms with Crippen molar-refractivity contribution in [2.24, 2.45) is 17.8 Å². The van der Waals surface area contributed by atoms with Gasteiger partial charge in [0.15, 0.2) is 0 Å². The first-order chi connectivity index (χ1) is 13.1. The number of hydrogen-bond acceptors (Lipinski definition) is 4. The van der Waals surface area contributed by atoms with Crippen LogP contribution in [0.1, 0.15) is 50.6 Å². The predicted molar refractivity (Wildman–Crippen MR) is 103 cm³/mol. The molecule has 0 aromatic carbocycles. The van der Waals surface area contributed by atoms with Crippen LogP contribution in [0.25, 0.3) is 11.1 Å². The Labute approximate surface area is 159 Å². The molecule has 142 valence electrons. The molecule has 2 atom stereocenters. The molecule has 2 fully saturated rings. The normalized spacial score (nSPS) is 27.1. The number of carboxylic acid groups (broad SMARTS) is 1. The summed E-state index contributed by atoms with van der Waals surface area (Å²) in [5.74, 6) is 1.28. The summed E-state index contributed by atoms with van der Waals surface area (Å²) in [5, 5.41) is 9.13. The molecule has 1 N–H and O–H groups in total. The first-order valence-corrected chi connectivity index (χ1v) is 9.87. The average molecular weight is 366 g/mol. The second-order valence-electron chi connectivity index (χ2n) is 8.10. The lowest BCUT2D eigenvalue weighted by Gasteiger charge is -2.26. The predicted octanol–water partition coefficient (Wildman–Crippen LogP) is 4.54. The van der Waals surface area contributed by atoms with Crippen molar-refractivity contribution < 1.29 is 14.6 Å². The van der Waals surface area contributed by atoms with E-state index in [4.69, 9.17) is 9.84 Å². The smallest absolute Gasteiger partial charge is 0.307 e. The average Bonchev–Trinajstić information content (AvgIpc) is 3.49. The van der Waals surface area contributed by atoms with E-state index in [0.29, 0.717) is 12.3 Å². The summed E-state index contributed by atoms with van der Waals surface area (Å²) in [6, 6.07) is 5.93. The second kappa shape index (κ2) is 7.67. The summed E-state index contributed by atoms with van der Waals surface area (Å²) in [6.07, 6.45) is 11.1. The Balaban J connectivity index is 1.42.